The Labute approximate surface area is 227 Å². The van der Waals surface area contributed by atoms with Gasteiger partial charge in [0.05, 0.1) is 17.6 Å². The van der Waals surface area contributed by atoms with Crippen LogP contribution in [0.3, 0.4) is 0 Å². The molecule has 38 heavy (non-hydrogen) atoms. The molecule has 1 heterocycles. The second-order valence-electron chi connectivity index (χ2n) is 10.4. The van der Waals surface area contributed by atoms with Crippen LogP contribution in [0.1, 0.15) is 70.5 Å². The predicted octanol–water partition coefficient (Wildman–Crippen LogP) is 7.27. The zero-order chi connectivity index (χ0) is 26.9. The van der Waals surface area contributed by atoms with Gasteiger partial charge in [-0.1, -0.05) is 42.3 Å². The van der Waals surface area contributed by atoms with Gasteiger partial charge in [0, 0.05) is 25.1 Å². The van der Waals surface area contributed by atoms with E-state index >= 15 is 0 Å². The molecule has 0 atom stereocenters. The van der Waals surface area contributed by atoms with Crippen molar-refractivity contribution in [2.75, 3.05) is 13.2 Å². The van der Waals surface area contributed by atoms with Gasteiger partial charge in [-0.2, -0.15) is 0 Å². The highest BCUT2D eigenvalue weighted by atomic mass is 16.5. The van der Waals surface area contributed by atoms with Crippen LogP contribution in [0.25, 0.3) is 11.0 Å². The van der Waals surface area contributed by atoms with Crippen molar-refractivity contribution in [1.29, 1.82) is 0 Å². The number of amides is 1. The molecule has 1 amide bonds. The van der Waals surface area contributed by atoms with Crippen molar-refractivity contribution in [3.8, 4) is 5.75 Å². The van der Waals surface area contributed by atoms with Crippen LogP contribution in [0.15, 0.2) is 60.7 Å². The monoisotopic (exact) mass is 511 g/mol. The molecule has 5 heteroatoms. The largest absolute Gasteiger partial charge is 0.494 e. The zero-order valence-corrected chi connectivity index (χ0v) is 23.3. The van der Waals surface area contributed by atoms with Gasteiger partial charge in [0.2, 0.25) is 0 Å². The molecular formula is C33H41N3O2. The first-order valence-corrected chi connectivity index (χ1v) is 13.9. The lowest BCUT2D eigenvalue weighted by Crippen LogP contribution is -2.25. The maximum atomic E-state index is 12.5. The number of nitrogens with one attached hydrogen (secondary N) is 1. The van der Waals surface area contributed by atoms with Crippen LogP contribution >= 0.6 is 0 Å². The number of fused-ring (bicyclic) bond motifs is 1. The summed E-state index contributed by atoms with van der Waals surface area (Å²) in [5.74, 6) is 2.12. The third kappa shape index (κ3) is 7.25. The fourth-order valence-electron chi connectivity index (χ4n) is 4.88. The minimum absolute atomic E-state index is 0.0192. The number of hydrogen-bond donors (Lipinski definition) is 1. The maximum absolute atomic E-state index is 12.5. The average molecular weight is 512 g/mol. The van der Waals surface area contributed by atoms with Crippen LogP contribution in [-0.4, -0.2) is 28.6 Å². The molecule has 0 aliphatic heterocycles. The van der Waals surface area contributed by atoms with E-state index in [4.69, 9.17) is 9.72 Å². The summed E-state index contributed by atoms with van der Waals surface area (Å²) in [7, 11) is 0. The number of benzene rings is 3. The molecule has 0 unspecified atom stereocenters. The van der Waals surface area contributed by atoms with Gasteiger partial charge in [-0.3, -0.25) is 4.79 Å². The smallest absolute Gasteiger partial charge is 0.251 e. The van der Waals surface area contributed by atoms with Gasteiger partial charge in [0.25, 0.3) is 5.91 Å². The Morgan fingerprint density at radius 3 is 2.50 bits per heavy atom. The number of carbonyl (C=O) groups excluding carboxylic acids is 1. The summed E-state index contributed by atoms with van der Waals surface area (Å²) in [4.78, 5) is 17.4. The fourth-order valence-corrected chi connectivity index (χ4v) is 4.88. The molecule has 3 aromatic carbocycles. The van der Waals surface area contributed by atoms with E-state index in [0.29, 0.717) is 6.54 Å². The third-order valence-electron chi connectivity index (χ3n) is 7.25. The van der Waals surface area contributed by atoms with Gasteiger partial charge in [0.15, 0.2) is 0 Å². The fraction of sp³-hybridized carbons (Fsp3) is 0.394. The summed E-state index contributed by atoms with van der Waals surface area (Å²) in [6.07, 6.45) is 6.06. The minimum atomic E-state index is 0.0192. The zero-order valence-electron chi connectivity index (χ0n) is 23.3. The van der Waals surface area contributed by atoms with Crippen molar-refractivity contribution >= 4 is 16.9 Å². The highest BCUT2D eigenvalue weighted by Crippen LogP contribution is 2.20. The highest BCUT2D eigenvalue weighted by molar-refractivity contribution is 5.95. The highest BCUT2D eigenvalue weighted by Gasteiger charge is 2.11. The molecule has 0 saturated carbocycles. The van der Waals surface area contributed by atoms with Crippen molar-refractivity contribution in [3.63, 3.8) is 0 Å². The Hall–Kier alpha value is -3.60. The minimum Gasteiger partial charge on any atom is -0.494 e. The normalized spacial score (nSPS) is 11.2. The molecule has 0 radical (unpaired) electrons. The number of aromatic nitrogens is 2. The molecule has 0 fully saturated rings. The molecule has 0 aliphatic carbocycles. The lowest BCUT2D eigenvalue weighted by Gasteiger charge is -2.11. The van der Waals surface area contributed by atoms with Crippen molar-refractivity contribution in [3.05, 3.63) is 94.3 Å². The molecule has 0 bridgehead atoms. The van der Waals surface area contributed by atoms with E-state index in [-0.39, 0.29) is 5.91 Å². The Kier molecular flexibility index (Phi) is 9.58. The summed E-state index contributed by atoms with van der Waals surface area (Å²) >= 11 is 0. The van der Waals surface area contributed by atoms with E-state index in [0.717, 1.165) is 79.9 Å². The van der Waals surface area contributed by atoms with Crippen LogP contribution in [0, 0.1) is 27.7 Å². The molecule has 5 nitrogen and oxygen atoms in total. The predicted molar refractivity (Wildman–Crippen MR) is 156 cm³/mol. The van der Waals surface area contributed by atoms with Gasteiger partial charge in [-0.25, -0.2) is 4.98 Å². The van der Waals surface area contributed by atoms with Crippen LogP contribution in [0.4, 0.5) is 0 Å². The number of rotatable bonds is 13. The summed E-state index contributed by atoms with van der Waals surface area (Å²) in [6.45, 7) is 10.6. The first-order chi connectivity index (χ1) is 18.4. The van der Waals surface area contributed by atoms with E-state index < -0.39 is 0 Å². The third-order valence-corrected chi connectivity index (χ3v) is 7.25. The van der Waals surface area contributed by atoms with Crippen molar-refractivity contribution < 1.29 is 9.53 Å². The standard InChI is InChI=1S/C33H41N3O2/c1-24-15-18-29(27(4)22-24)33(37)34-19-9-5-6-14-32-35-30-12-7-8-13-31(30)36(32)20-10-11-21-38-28-17-16-25(2)26(3)23-28/h7-8,12-13,15-18,22-23H,5-6,9-11,14,19-21H2,1-4H3,(H,34,37). The van der Waals surface area contributed by atoms with E-state index in [1.165, 1.54) is 22.2 Å². The number of unbranched alkanes of at least 4 members (excludes halogenated alkanes) is 3. The van der Waals surface area contributed by atoms with Gasteiger partial charge in [-0.15, -0.1) is 0 Å². The first-order valence-electron chi connectivity index (χ1n) is 13.9. The van der Waals surface area contributed by atoms with Crippen LogP contribution in [0.5, 0.6) is 5.75 Å². The van der Waals surface area contributed by atoms with E-state index in [1.54, 1.807) is 0 Å². The molecule has 1 N–H and O–H groups in total. The molecule has 1 aromatic heterocycles. The Bertz CT molecular complexity index is 1370. The van der Waals surface area contributed by atoms with E-state index in [1.807, 2.05) is 26.0 Å². The topological polar surface area (TPSA) is 56.2 Å². The molecule has 200 valence electrons. The molecule has 4 rings (SSSR count). The van der Waals surface area contributed by atoms with Gasteiger partial charge in [-0.05, 0) is 100 Å². The number of aryl methyl sites for hydroxylation is 6. The van der Waals surface area contributed by atoms with Crippen LogP contribution in [-0.2, 0) is 13.0 Å². The maximum Gasteiger partial charge on any atom is 0.251 e. The summed E-state index contributed by atoms with van der Waals surface area (Å²) in [5.41, 5.74) is 7.80. The summed E-state index contributed by atoms with van der Waals surface area (Å²) in [6, 6.07) is 20.7. The van der Waals surface area contributed by atoms with Crippen molar-refractivity contribution in [1.82, 2.24) is 14.9 Å². The molecule has 0 spiro atoms. The summed E-state index contributed by atoms with van der Waals surface area (Å²) < 4.78 is 8.37. The molecule has 0 saturated heterocycles. The second kappa shape index (κ2) is 13.3. The van der Waals surface area contributed by atoms with E-state index in [9.17, 15) is 4.79 Å². The first kappa shape index (κ1) is 27.4. The number of carbonyl (C=O) groups is 1. The quantitative estimate of drug-likeness (QED) is 0.192. The van der Waals surface area contributed by atoms with Gasteiger partial charge >= 0.3 is 0 Å². The average Bonchev–Trinajstić information content (AvgIpc) is 3.25. The number of ether oxygens (including phenoxy) is 1. The van der Waals surface area contributed by atoms with Crippen molar-refractivity contribution in [2.45, 2.75) is 72.8 Å². The van der Waals surface area contributed by atoms with Crippen LogP contribution < -0.4 is 10.1 Å². The van der Waals surface area contributed by atoms with Gasteiger partial charge in [0.1, 0.15) is 11.6 Å². The van der Waals surface area contributed by atoms with Crippen molar-refractivity contribution in [2.24, 2.45) is 0 Å². The van der Waals surface area contributed by atoms with Gasteiger partial charge < -0.3 is 14.6 Å². The number of para-hydroxylation sites is 2. The Morgan fingerprint density at radius 2 is 1.68 bits per heavy atom. The SMILES string of the molecule is Cc1ccc(C(=O)NCCCCCc2nc3ccccc3n2CCCCOc2ccc(C)c(C)c2)c(C)c1. The molecule has 4 aromatic rings. The lowest BCUT2D eigenvalue weighted by molar-refractivity contribution is 0.0952. The second-order valence-corrected chi connectivity index (χ2v) is 10.4. The Balaban J connectivity index is 1.22. The summed E-state index contributed by atoms with van der Waals surface area (Å²) in [5, 5.41) is 3.08. The molecule has 0 aliphatic rings. The molecular weight excluding hydrogens is 470 g/mol. The number of nitrogens with zero attached hydrogens (tertiary/aromatic N) is 2. The van der Waals surface area contributed by atoms with E-state index in [2.05, 4.69) is 72.3 Å². The van der Waals surface area contributed by atoms with Crippen LogP contribution in [0.2, 0.25) is 0 Å². The number of imidazole rings is 1. The Morgan fingerprint density at radius 1 is 0.842 bits per heavy atom. The number of hydrogen-bond acceptors (Lipinski definition) is 3. The lowest BCUT2D eigenvalue weighted by atomic mass is 10.1.